The standard InChI is InChI=1S/C17H12Cl2FN3O2S/c1-23(13-7-3-6-12(18)15(13)19)17(24)22-16-21-9-14(26-16)25-11-5-2-4-10(20)8-11/h2-9H,1H3,(H,21,22,24). The van der Waals surface area contributed by atoms with Crippen molar-refractivity contribution in [2.45, 2.75) is 0 Å². The zero-order valence-electron chi connectivity index (χ0n) is 13.4. The number of hydrogen-bond acceptors (Lipinski definition) is 4. The maximum Gasteiger partial charge on any atom is 0.327 e. The lowest BCUT2D eigenvalue weighted by atomic mass is 10.3. The van der Waals surface area contributed by atoms with Crippen LogP contribution in [0.4, 0.5) is 20.0 Å². The SMILES string of the molecule is CN(C(=O)Nc1ncc(Oc2cccc(F)c2)s1)c1cccc(Cl)c1Cl. The van der Waals surface area contributed by atoms with E-state index in [2.05, 4.69) is 10.3 Å². The second-order valence-electron chi connectivity index (χ2n) is 5.11. The average molecular weight is 412 g/mol. The fourth-order valence-corrected chi connectivity index (χ4v) is 3.15. The van der Waals surface area contributed by atoms with E-state index in [0.29, 0.717) is 26.7 Å². The van der Waals surface area contributed by atoms with Crippen LogP contribution in [0.2, 0.25) is 10.0 Å². The first kappa shape index (κ1) is 18.4. The van der Waals surface area contributed by atoms with Crippen molar-refractivity contribution in [2.24, 2.45) is 0 Å². The molecule has 3 rings (SSSR count). The summed E-state index contributed by atoms with van der Waals surface area (Å²) in [6.45, 7) is 0. The number of halogens is 3. The van der Waals surface area contributed by atoms with Crippen LogP contribution in [-0.2, 0) is 0 Å². The van der Waals surface area contributed by atoms with Crippen LogP contribution in [0.3, 0.4) is 0 Å². The monoisotopic (exact) mass is 411 g/mol. The van der Waals surface area contributed by atoms with Gasteiger partial charge in [0.15, 0.2) is 5.13 Å². The molecule has 0 saturated carbocycles. The molecule has 0 aliphatic heterocycles. The molecule has 134 valence electrons. The molecule has 0 bridgehead atoms. The summed E-state index contributed by atoms with van der Waals surface area (Å²) in [6, 6.07) is 10.3. The summed E-state index contributed by atoms with van der Waals surface area (Å²) in [5, 5.41) is 4.01. The Labute approximate surface area is 162 Å². The van der Waals surface area contributed by atoms with Gasteiger partial charge in [-0.2, -0.15) is 0 Å². The number of benzene rings is 2. The van der Waals surface area contributed by atoms with E-state index in [4.69, 9.17) is 27.9 Å². The van der Waals surface area contributed by atoms with Gasteiger partial charge in [0, 0.05) is 13.1 Å². The topological polar surface area (TPSA) is 54.5 Å². The number of amides is 2. The highest BCUT2D eigenvalue weighted by molar-refractivity contribution is 7.17. The molecule has 5 nitrogen and oxygen atoms in total. The number of nitrogens with one attached hydrogen (secondary N) is 1. The summed E-state index contributed by atoms with van der Waals surface area (Å²) in [5.41, 5.74) is 0.462. The Morgan fingerprint density at radius 2 is 2.04 bits per heavy atom. The number of urea groups is 1. The first-order valence-corrected chi connectivity index (χ1v) is 8.89. The Morgan fingerprint density at radius 1 is 1.27 bits per heavy atom. The Hall–Kier alpha value is -2.35. The molecule has 26 heavy (non-hydrogen) atoms. The summed E-state index contributed by atoms with van der Waals surface area (Å²) < 4.78 is 18.7. The van der Waals surface area contributed by atoms with Gasteiger partial charge in [0.25, 0.3) is 0 Å². The van der Waals surface area contributed by atoms with Crippen LogP contribution in [0.5, 0.6) is 10.8 Å². The van der Waals surface area contributed by atoms with E-state index in [1.165, 1.54) is 29.3 Å². The van der Waals surface area contributed by atoms with Crippen LogP contribution >= 0.6 is 34.5 Å². The number of nitrogens with zero attached hydrogens (tertiary/aromatic N) is 2. The Kier molecular flexibility index (Phi) is 5.61. The van der Waals surface area contributed by atoms with Gasteiger partial charge < -0.3 is 4.74 Å². The molecule has 0 aliphatic carbocycles. The highest BCUT2D eigenvalue weighted by atomic mass is 35.5. The quantitative estimate of drug-likeness (QED) is 0.568. The first-order chi connectivity index (χ1) is 12.4. The van der Waals surface area contributed by atoms with Crippen LogP contribution in [0.15, 0.2) is 48.7 Å². The van der Waals surface area contributed by atoms with Crippen molar-refractivity contribution in [3.05, 3.63) is 64.5 Å². The van der Waals surface area contributed by atoms with Crippen molar-refractivity contribution in [1.29, 1.82) is 0 Å². The molecule has 0 aliphatic rings. The van der Waals surface area contributed by atoms with E-state index in [1.54, 1.807) is 31.3 Å². The third kappa shape index (κ3) is 4.24. The Bertz CT molecular complexity index is 951. The molecule has 0 saturated heterocycles. The van der Waals surface area contributed by atoms with Crippen LogP contribution in [-0.4, -0.2) is 18.1 Å². The van der Waals surface area contributed by atoms with Gasteiger partial charge in [-0.25, -0.2) is 14.2 Å². The molecule has 0 spiro atoms. The normalized spacial score (nSPS) is 10.5. The van der Waals surface area contributed by atoms with Gasteiger partial charge >= 0.3 is 6.03 Å². The predicted octanol–water partition coefficient (Wildman–Crippen LogP) is 6.05. The van der Waals surface area contributed by atoms with Crippen molar-refractivity contribution >= 4 is 51.4 Å². The lowest BCUT2D eigenvalue weighted by Gasteiger charge is -2.18. The van der Waals surface area contributed by atoms with Crippen molar-refractivity contribution in [1.82, 2.24) is 4.98 Å². The largest absolute Gasteiger partial charge is 0.445 e. The van der Waals surface area contributed by atoms with Gasteiger partial charge in [0.2, 0.25) is 5.06 Å². The molecule has 0 radical (unpaired) electrons. The summed E-state index contributed by atoms with van der Waals surface area (Å²) in [5.74, 6) is -0.0603. The number of hydrogen-bond donors (Lipinski definition) is 1. The maximum absolute atomic E-state index is 13.2. The summed E-state index contributed by atoms with van der Waals surface area (Å²) in [7, 11) is 1.56. The Balaban J connectivity index is 1.68. The molecule has 2 aromatic carbocycles. The molecule has 2 amide bonds. The number of carbonyl (C=O) groups is 1. The fourth-order valence-electron chi connectivity index (χ4n) is 2.05. The summed E-state index contributed by atoms with van der Waals surface area (Å²) in [6.07, 6.45) is 1.44. The zero-order chi connectivity index (χ0) is 18.7. The van der Waals surface area contributed by atoms with Crippen molar-refractivity contribution < 1.29 is 13.9 Å². The maximum atomic E-state index is 13.2. The minimum absolute atomic E-state index is 0.279. The number of carbonyl (C=O) groups excluding carboxylic acids is 1. The highest BCUT2D eigenvalue weighted by Gasteiger charge is 2.17. The Morgan fingerprint density at radius 3 is 2.81 bits per heavy atom. The number of anilines is 2. The number of aromatic nitrogens is 1. The smallest absolute Gasteiger partial charge is 0.327 e. The van der Waals surface area contributed by atoms with Crippen LogP contribution < -0.4 is 15.0 Å². The van der Waals surface area contributed by atoms with E-state index < -0.39 is 11.8 Å². The van der Waals surface area contributed by atoms with Crippen LogP contribution in [0.25, 0.3) is 0 Å². The van der Waals surface area contributed by atoms with E-state index in [9.17, 15) is 9.18 Å². The molecule has 0 atom stereocenters. The second-order valence-corrected chi connectivity index (χ2v) is 6.88. The lowest BCUT2D eigenvalue weighted by molar-refractivity contribution is 0.258. The first-order valence-electron chi connectivity index (χ1n) is 7.32. The van der Waals surface area contributed by atoms with E-state index >= 15 is 0 Å². The van der Waals surface area contributed by atoms with Crippen molar-refractivity contribution in [2.75, 3.05) is 17.3 Å². The van der Waals surface area contributed by atoms with Gasteiger partial charge in [-0.05, 0) is 24.3 Å². The number of thiazole rings is 1. The van der Waals surface area contributed by atoms with E-state index in [0.717, 1.165) is 11.3 Å². The molecule has 1 aromatic heterocycles. The molecular weight excluding hydrogens is 400 g/mol. The minimum Gasteiger partial charge on any atom is -0.445 e. The highest BCUT2D eigenvalue weighted by Crippen LogP contribution is 2.33. The van der Waals surface area contributed by atoms with Gasteiger partial charge in [0.1, 0.15) is 11.6 Å². The van der Waals surface area contributed by atoms with Gasteiger partial charge in [-0.1, -0.05) is 46.7 Å². The van der Waals surface area contributed by atoms with Crippen LogP contribution in [0.1, 0.15) is 0 Å². The van der Waals surface area contributed by atoms with Crippen molar-refractivity contribution in [3.63, 3.8) is 0 Å². The summed E-state index contributed by atoms with van der Waals surface area (Å²) in [4.78, 5) is 17.8. The van der Waals surface area contributed by atoms with Crippen molar-refractivity contribution in [3.8, 4) is 10.8 Å². The minimum atomic E-state index is -0.444. The van der Waals surface area contributed by atoms with Gasteiger partial charge in [-0.15, -0.1) is 0 Å². The molecule has 1 heterocycles. The van der Waals surface area contributed by atoms with Crippen LogP contribution in [0, 0.1) is 5.82 Å². The molecule has 1 N–H and O–H groups in total. The average Bonchev–Trinajstić information content (AvgIpc) is 3.03. The van der Waals surface area contributed by atoms with Gasteiger partial charge in [0.05, 0.1) is 21.9 Å². The molecule has 3 aromatic rings. The fraction of sp³-hybridized carbons (Fsp3) is 0.0588. The zero-order valence-corrected chi connectivity index (χ0v) is 15.7. The summed E-state index contributed by atoms with van der Waals surface area (Å²) >= 11 is 13.2. The molecular formula is C17H12Cl2FN3O2S. The molecule has 0 unspecified atom stereocenters. The molecule has 9 heteroatoms. The lowest BCUT2D eigenvalue weighted by Crippen LogP contribution is -2.31. The molecule has 0 fully saturated rings. The third-order valence-electron chi connectivity index (χ3n) is 3.31. The number of rotatable bonds is 4. The van der Waals surface area contributed by atoms with E-state index in [1.807, 2.05) is 0 Å². The third-order valence-corrected chi connectivity index (χ3v) is 4.91. The van der Waals surface area contributed by atoms with E-state index in [-0.39, 0.29) is 5.02 Å². The second kappa shape index (κ2) is 7.90. The van der Waals surface area contributed by atoms with Gasteiger partial charge in [-0.3, -0.25) is 10.2 Å². The number of ether oxygens (including phenoxy) is 1. The predicted molar refractivity (Wildman–Crippen MR) is 102 cm³/mol.